The number of nitrogens with zero attached hydrogens (tertiary/aromatic N) is 4. The second-order valence-electron chi connectivity index (χ2n) is 5.88. The Labute approximate surface area is 109 Å². The number of piperazine rings is 1. The smallest absolute Gasteiger partial charge is 0.221 e. The molecule has 1 aliphatic rings. The SMILES string of the molecule is Cc1cnc(N)nc1N1CCN(C(C)(C)C)CC1. The molecule has 0 aromatic carbocycles. The number of anilines is 2. The van der Waals surface area contributed by atoms with Crippen molar-refractivity contribution < 1.29 is 0 Å². The molecule has 5 nitrogen and oxygen atoms in total. The summed E-state index contributed by atoms with van der Waals surface area (Å²) in [5, 5.41) is 0. The van der Waals surface area contributed by atoms with Gasteiger partial charge < -0.3 is 10.6 Å². The van der Waals surface area contributed by atoms with Crippen molar-refractivity contribution in [3.8, 4) is 0 Å². The van der Waals surface area contributed by atoms with E-state index in [2.05, 4.69) is 40.5 Å². The Hall–Kier alpha value is -1.36. The van der Waals surface area contributed by atoms with Crippen molar-refractivity contribution in [2.45, 2.75) is 33.2 Å². The van der Waals surface area contributed by atoms with Gasteiger partial charge in [-0.05, 0) is 27.7 Å². The summed E-state index contributed by atoms with van der Waals surface area (Å²) >= 11 is 0. The fourth-order valence-electron chi connectivity index (χ4n) is 2.36. The Morgan fingerprint density at radius 1 is 1.17 bits per heavy atom. The monoisotopic (exact) mass is 249 g/mol. The van der Waals surface area contributed by atoms with E-state index in [0.717, 1.165) is 37.6 Å². The van der Waals surface area contributed by atoms with Crippen LogP contribution < -0.4 is 10.6 Å². The molecule has 0 radical (unpaired) electrons. The summed E-state index contributed by atoms with van der Waals surface area (Å²) < 4.78 is 0. The van der Waals surface area contributed by atoms with Crippen LogP contribution in [0.4, 0.5) is 11.8 Å². The third kappa shape index (κ3) is 2.72. The van der Waals surface area contributed by atoms with Crippen LogP contribution in [0.5, 0.6) is 0 Å². The molecule has 1 aliphatic heterocycles. The van der Waals surface area contributed by atoms with Gasteiger partial charge in [0.25, 0.3) is 0 Å². The van der Waals surface area contributed by atoms with Gasteiger partial charge in [0.2, 0.25) is 5.95 Å². The van der Waals surface area contributed by atoms with E-state index in [0.29, 0.717) is 5.95 Å². The van der Waals surface area contributed by atoms with Gasteiger partial charge in [0.05, 0.1) is 0 Å². The standard InChI is InChI=1S/C13H23N5/c1-10-9-15-12(14)16-11(10)17-5-7-18(8-6-17)13(2,3)4/h9H,5-8H2,1-4H3,(H2,14,15,16). The van der Waals surface area contributed by atoms with Gasteiger partial charge in [0.1, 0.15) is 5.82 Å². The van der Waals surface area contributed by atoms with Crippen molar-refractivity contribution >= 4 is 11.8 Å². The molecule has 1 saturated heterocycles. The highest BCUT2D eigenvalue weighted by molar-refractivity contribution is 5.48. The predicted molar refractivity (Wildman–Crippen MR) is 74.7 cm³/mol. The molecular formula is C13H23N5. The molecule has 5 heteroatoms. The zero-order valence-corrected chi connectivity index (χ0v) is 11.8. The van der Waals surface area contributed by atoms with Crippen LogP contribution in [-0.2, 0) is 0 Å². The highest BCUT2D eigenvalue weighted by Crippen LogP contribution is 2.21. The Morgan fingerprint density at radius 2 is 1.78 bits per heavy atom. The lowest BCUT2D eigenvalue weighted by Crippen LogP contribution is -2.53. The molecule has 2 N–H and O–H groups in total. The van der Waals surface area contributed by atoms with E-state index in [1.807, 2.05) is 6.92 Å². The van der Waals surface area contributed by atoms with Gasteiger partial charge in [-0.15, -0.1) is 0 Å². The maximum Gasteiger partial charge on any atom is 0.221 e. The van der Waals surface area contributed by atoms with Gasteiger partial charge in [-0.1, -0.05) is 0 Å². The van der Waals surface area contributed by atoms with Gasteiger partial charge in [-0.3, -0.25) is 4.90 Å². The topological polar surface area (TPSA) is 58.3 Å². The van der Waals surface area contributed by atoms with E-state index in [1.165, 1.54) is 0 Å². The van der Waals surface area contributed by atoms with Crippen molar-refractivity contribution in [2.24, 2.45) is 0 Å². The lowest BCUT2D eigenvalue weighted by Gasteiger charge is -2.42. The zero-order chi connectivity index (χ0) is 13.3. The molecule has 1 aromatic rings. The van der Waals surface area contributed by atoms with E-state index in [4.69, 9.17) is 5.73 Å². The summed E-state index contributed by atoms with van der Waals surface area (Å²) in [4.78, 5) is 13.2. The largest absolute Gasteiger partial charge is 0.368 e. The van der Waals surface area contributed by atoms with Gasteiger partial charge in [-0.2, -0.15) is 4.98 Å². The van der Waals surface area contributed by atoms with Crippen molar-refractivity contribution in [2.75, 3.05) is 36.8 Å². The minimum atomic E-state index is 0.242. The summed E-state index contributed by atoms with van der Waals surface area (Å²) in [7, 11) is 0. The number of hydrogen-bond acceptors (Lipinski definition) is 5. The minimum absolute atomic E-state index is 0.242. The maximum absolute atomic E-state index is 5.67. The second-order valence-corrected chi connectivity index (χ2v) is 5.88. The predicted octanol–water partition coefficient (Wildman–Crippen LogP) is 1.29. The van der Waals surface area contributed by atoms with Crippen LogP contribution in [0.1, 0.15) is 26.3 Å². The third-order valence-corrected chi connectivity index (χ3v) is 3.49. The number of aromatic nitrogens is 2. The summed E-state index contributed by atoms with van der Waals surface area (Å²) in [6.45, 7) is 12.9. The number of hydrogen-bond donors (Lipinski definition) is 1. The summed E-state index contributed by atoms with van der Waals surface area (Å²) in [5.41, 5.74) is 7.00. The van der Waals surface area contributed by atoms with Crippen LogP contribution in [-0.4, -0.2) is 46.6 Å². The highest BCUT2D eigenvalue weighted by atomic mass is 15.3. The van der Waals surface area contributed by atoms with Crippen LogP contribution in [0.2, 0.25) is 0 Å². The zero-order valence-electron chi connectivity index (χ0n) is 11.8. The number of nitrogen functional groups attached to an aromatic ring is 1. The number of aryl methyl sites for hydroxylation is 1. The molecule has 100 valence electrons. The van der Waals surface area contributed by atoms with Crippen LogP contribution >= 0.6 is 0 Å². The van der Waals surface area contributed by atoms with Crippen LogP contribution in [0, 0.1) is 6.92 Å². The van der Waals surface area contributed by atoms with Crippen LogP contribution in [0.15, 0.2) is 6.20 Å². The lowest BCUT2D eigenvalue weighted by atomic mass is 10.0. The first-order valence-electron chi connectivity index (χ1n) is 6.47. The average Bonchev–Trinajstić information content (AvgIpc) is 2.31. The van der Waals surface area contributed by atoms with Crippen LogP contribution in [0.3, 0.4) is 0 Å². The normalized spacial score (nSPS) is 18.1. The van der Waals surface area contributed by atoms with E-state index in [9.17, 15) is 0 Å². The lowest BCUT2D eigenvalue weighted by molar-refractivity contribution is 0.128. The second kappa shape index (κ2) is 4.72. The van der Waals surface area contributed by atoms with Gasteiger partial charge >= 0.3 is 0 Å². The molecule has 0 spiro atoms. The maximum atomic E-state index is 5.67. The van der Waals surface area contributed by atoms with E-state index < -0.39 is 0 Å². The van der Waals surface area contributed by atoms with Crippen LogP contribution in [0.25, 0.3) is 0 Å². The number of rotatable bonds is 1. The molecule has 0 saturated carbocycles. The Bertz CT molecular complexity index is 416. The molecule has 1 aromatic heterocycles. The van der Waals surface area contributed by atoms with Gasteiger partial charge in [0, 0.05) is 43.5 Å². The molecular weight excluding hydrogens is 226 g/mol. The summed E-state index contributed by atoms with van der Waals surface area (Å²) in [6, 6.07) is 0. The van der Waals surface area contributed by atoms with Crippen molar-refractivity contribution in [3.63, 3.8) is 0 Å². The average molecular weight is 249 g/mol. The van der Waals surface area contributed by atoms with E-state index >= 15 is 0 Å². The van der Waals surface area contributed by atoms with Gasteiger partial charge in [0.15, 0.2) is 0 Å². The molecule has 0 unspecified atom stereocenters. The first-order chi connectivity index (χ1) is 8.38. The quantitative estimate of drug-likeness (QED) is 0.812. The first-order valence-corrected chi connectivity index (χ1v) is 6.47. The Morgan fingerprint density at radius 3 is 2.33 bits per heavy atom. The Kier molecular flexibility index (Phi) is 3.43. The molecule has 2 rings (SSSR count). The van der Waals surface area contributed by atoms with E-state index in [1.54, 1.807) is 6.20 Å². The fourth-order valence-corrected chi connectivity index (χ4v) is 2.36. The Balaban J connectivity index is 2.08. The summed E-state index contributed by atoms with van der Waals surface area (Å²) in [6.07, 6.45) is 1.80. The highest BCUT2D eigenvalue weighted by Gasteiger charge is 2.26. The van der Waals surface area contributed by atoms with Gasteiger partial charge in [-0.25, -0.2) is 4.98 Å². The van der Waals surface area contributed by atoms with Crippen molar-refractivity contribution in [1.29, 1.82) is 0 Å². The summed E-state index contributed by atoms with van der Waals surface area (Å²) in [5.74, 6) is 1.34. The molecule has 0 amide bonds. The van der Waals surface area contributed by atoms with E-state index in [-0.39, 0.29) is 5.54 Å². The molecule has 18 heavy (non-hydrogen) atoms. The molecule has 0 aliphatic carbocycles. The third-order valence-electron chi connectivity index (χ3n) is 3.49. The molecule has 1 fully saturated rings. The number of nitrogens with two attached hydrogens (primary N) is 1. The molecule has 2 heterocycles. The van der Waals surface area contributed by atoms with Crippen molar-refractivity contribution in [1.82, 2.24) is 14.9 Å². The van der Waals surface area contributed by atoms with Crippen molar-refractivity contribution in [3.05, 3.63) is 11.8 Å². The molecule has 0 atom stereocenters. The molecule has 0 bridgehead atoms. The minimum Gasteiger partial charge on any atom is -0.368 e. The fraction of sp³-hybridized carbons (Fsp3) is 0.692. The first kappa shape index (κ1) is 13.1.